The van der Waals surface area contributed by atoms with Crippen LogP contribution in [0.5, 0.6) is 0 Å². The van der Waals surface area contributed by atoms with Gasteiger partial charge in [-0.3, -0.25) is 4.98 Å². The fraction of sp³-hybridized carbons (Fsp3) is 0.346. The lowest BCUT2D eigenvalue weighted by atomic mass is 9.74. The van der Waals surface area contributed by atoms with Gasteiger partial charge in [0.1, 0.15) is 0 Å². The molecule has 0 unspecified atom stereocenters. The number of nitrogens with one attached hydrogen (secondary N) is 1. The van der Waals surface area contributed by atoms with Gasteiger partial charge in [-0.05, 0) is 84.9 Å². The van der Waals surface area contributed by atoms with Crippen LogP contribution in [0, 0.1) is 6.92 Å². The molecule has 1 aliphatic rings. The fourth-order valence-electron chi connectivity index (χ4n) is 4.47. The van der Waals surface area contributed by atoms with Gasteiger partial charge < -0.3 is 10.1 Å². The van der Waals surface area contributed by atoms with Crippen LogP contribution in [-0.4, -0.2) is 24.7 Å². The Morgan fingerprint density at radius 3 is 2.47 bits per heavy atom. The summed E-state index contributed by atoms with van der Waals surface area (Å²) in [5.41, 5.74) is 3.05. The molecule has 0 bridgehead atoms. The van der Waals surface area contributed by atoms with E-state index in [1.165, 1.54) is 17.7 Å². The molecule has 0 radical (unpaired) electrons. The number of alkyl halides is 3. The van der Waals surface area contributed by atoms with E-state index in [4.69, 9.17) is 4.74 Å². The number of halogens is 3. The number of benzene rings is 2. The minimum absolute atomic E-state index is 0.126. The second kappa shape index (κ2) is 9.43. The van der Waals surface area contributed by atoms with Crippen molar-refractivity contribution in [2.24, 2.45) is 0 Å². The zero-order valence-corrected chi connectivity index (χ0v) is 18.1. The largest absolute Gasteiger partial charge is 0.416 e. The molecule has 3 aromatic rings. The number of hydrogen-bond acceptors (Lipinski definition) is 3. The molecule has 1 aliphatic heterocycles. The number of aryl methyl sites for hydroxylation is 1. The summed E-state index contributed by atoms with van der Waals surface area (Å²) in [5.74, 6) is 0. The van der Waals surface area contributed by atoms with Gasteiger partial charge in [0.05, 0.1) is 18.8 Å². The SMILES string of the molecule is Cc1cnccc1-c1cc(COCC2(c3ccccc3)CCNCC2)cc(C(F)(F)F)c1. The number of rotatable bonds is 6. The van der Waals surface area contributed by atoms with E-state index >= 15 is 0 Å². The first-order valence-corrected chi connectivity index (χ1v) is 10.8. The molecule has 0 amide bonds. The number of piperidine rings is 1. The van der Waals surface area contributed by atoms with Crippen LogP contribution >= 0.6 is 0 Å². The minimum atomic E-state index is -4.42. The van der Waals surface area contributed by atoms with Crippen molar-refractivity contribution in [3.8, 4) is 11.1 Å². The van der Waals surface area contributed by atoms with Crippen LogP contribution < -0.4 is 5.32 Å². The Labute approximate surface area is 186 Å². The first-order valence-electron chi connectivity index (χ1n) is 10.8. The Morgan fingerprint density at radius 1 is 1.03 bits per heavy atom. The van der Waals surface area contributed by atoms with Gasteiger partial charge in [0, 0.05) is 17.8 Å². The maximum Gasteiger partial charge on any atom is 0.416 e. The monoisotopic (exact) mass is 440 g/mol. The zero-order valence-electron chi connectivity index (χ0n) is 18.1. The quantitative estimate of drug-likeness (QED) is 0.517. The van der Waals surface area contributed by atoms with Crippen molar-refractivity contribution in [1.29, 1.82) is 0 Å². The summed E-state index contributed by atoms with van der Waals surface area (Å²) in [5, 5.41) is 3.39. The van der Waals surface area contributed by atoms with E-state index in [9.17, 15) is 13.2 Å². The summed E-state index contributed by atoms with van der Waals surface area (Å²) in [6, 6.07) is 16.2. The van der Waals surface area contributed by atoms with Crippen molar-refractivity contribution in [1.82, 2.24) is 10.3 Å². The van der Waals surface area contributed by atoms with Crippen LogP contribution in [0.15, 0.2) is 67.0 Å². The summed E-state index contributed by atoms with van der Waals surface area (Å²) in [6.07, 6.45) is 0.695. The minimum Gasteiger partial charge on any atom is -0.376 e. The van der Waals surface area contributed by atoms with Crippen molar-refractivity contribution >= 4 is 0 Å². The van der Waals surface area contributed by atoms with Crippen LogP contribution in [0.1, 0.15) is 35.1 Å². The number of ether oxygens (including phenoxy) is 1. The Morgan fingerprint density at radius 2 is 1.78 bits per heavy atom. The standard InChI is InChI=1S/C26H27F3N2O/c1-19-16-31-10-7-24(19)21-13-20(14-23(15-21)26(27,28)29)17-32-18-25(8-11-30-12-9-25)22-5-3-2-4-6-22/h2-7,10,13-16,30H,8-9,11-12,17-18H2,1H3. The first kappa shape index (κ1) is 22.5. The smallest absolute Gasteiger partial charge is 0.376 e. The van der Waals surface area contributed by atoms with E-state index in [1.54, 1.807) is 24.5 Å². The molecule has 0 saturated carbocycles. The summed E-state index contributed by atoms with van der Waals surface area (Å²) < 4.78 is 46.9. The Balaban J connectivity index is 1.58. The second-order valence-corrected chi connectivity index (χ2v) is 8.50. The third-order valence-corrected chi connectivity index (χ3v) is 6.25. The average Bonchev–Trinajstić information content (AvgIpc) is 2.80. The van der Waals surface area contributed by atoms with E-state index in [0.29, 0.717) is 17.7 Å². The van der Waals surface area contributed by atoms with Crippen LogP contribution in [-0.2, 0) is 22.9 Å². The predicted octanol–water partition coefficient (Wildman–Crippen LogP) is 5.91. The molecule has 2 heterocycles. The van der Waals surface area contributed by atoms with E-state index in [1.807, 2.05) is 25.1 Å². The fourth-order valence-corrected chi connectivity index (χ4v) is 4.47. The van der Waals surface area contributed by atoms with Crippen LogP contribution in [0.2, 0.25) is 0 Å². The number of nitrogens with zero attached hydrogens (tertiary/aromatic N) is 1. The number of pyridine rings is 1. The zero-order chi connectivity index (χ0) is 22.6. The van der Waals surface area contributed by atoms with Gasteiger partial charge in [0.2, 0.25) is 0 Å². The van der Waals surface area contributed by atoms with Crippen molar-refractivity contribution in [3.05, 3.63) is 89.2 Å². The molecule has 0 aliphatic carbocycles. The summed E-state index contributed by atoms with van der Waals surface area (Å²) >= 11 is 0. The van der Waals surface area contributed by atoms with Gasteiger partial charge in [-0.1, -0.05) is 30.3 Å². The van der Waals surface area contributed by atoms with E-state index in [-0.39, 0.29) is 12.0 Å². The van der Waals surface area contributed by atoms with Crippen molar-refractivity contribution in [2.75, 3.05) is 19.7 Å². The number of aromatic nitrogens is 1. The van der Waals surface area contributed by atoms with Crippen molar-refractivity contribution in [2.45, 2.75) is 38.0 Å². The molecule has 6 heteroatoms. The molecule has 1 fully saturated rings. The molecule has 1 N–H and O–H groups in total. The lowest BCUT2D eigenvalue weighted by Gasteiger charge is -2.38. The van der Waals surface area contributed by atoms with Crippen LogP contribution in [0.25, 0.3) is 11.1 Å². The summed E-state index contributed by atoms with van der Waals surface area (Å²) in [7, 11) is 0. The molecule has 1 aromatic heterocycles. The second-order valence-electron chi connectivity index (χ2n) is 8.50. The highest BCUT2D eigenvalue weighted by atomic mass is 19.4. The molecule has 1 saturated heterocycles. The Kier molecular flexibility index (Phi) is 6.63. The van der Waals surface area contributed by atoms with Crippen LogP contribution in [0.3, 0.4) is 0 Å². The molecule has 0 atom stereocenters. The van der Waals surface area contributed by atoms with E-state index < -0.39 is 11.7 Å². The normalized spacial score (nSPS) is 16.1. The highest BCUT2D eigenvalue weighted by Gasteiger charge is 2.34. The highest BCUT2D eigenvalue weighted by molar-refractivity contribution is 5.68. The van der Waals surface area contributed by atoms with E-state index in [0.717, 1.165) is 37.1 Å². The topological polar surface area (TPSA) is 34.1 Å². The van der Waals surface area contributed by atoms with Gasteiger partial charge in [-0.25, -0.2) is 0 Å². The lowest BCUT2D eigenvalue weighted by molar-refractivity contribution is -0.137. The average molecular weight is 441 g/mol. The maximum atomic E-state index is 13.6. The molecule has 32 heavy (non-hydrogen) atoms. The van der Waals surface area contributed by atoms with Gasteiger partial charge in [0.25, 0.3) is 0 Å². The van der Waals surface area contributed by atoms with Gasteiger partial charge in [-0.2, -0.15) is 13.2 Å². The summed E-state index contributed by atoms with van der Waals surface area (Å²) in [6.45, 7) is 4.24. The van der Waals surface area contributed by atoms with E-state index in [2.05, 4.69) is 22.4 Å². The molecule has 168 valence electrons. The number of hydrogen-bond donors (Lipinski definition) is 1. The third kappa shape index (κ3) is 5.03. The maximum absolute atomic E-state index is 13.6. The first-order chi connectivity index (χ1) is 15.4. The molecule has 4 rings (SSSR count). The molecular formula is C26H27F3N2O. The molecule has 2 aromatic carbocycles. The Bertz CT molecular complexity index is 1040. The molecule has 0 spiro atoms. The van der Waals surface area contributed by atoms with Gasteiger partial charge in [0.15, 0.2) is 0 Å². The highest BCUT2D eigenvalue weighted by Crippen LogP contribution is 2.36. The molecule has 3 nitrogen and oxygen atoms in total. The van der Waals surface area contributed by atoms with Crippen molar-refractivity contribution in [3.63, 3.8) is 0 Å². The lowest BCUT2D eigenvalue weighted by Crippen LogP contribution is -2.43. The van der Waals surface area contributed by atoms with Crippen LogP contribution in [0.4, 0.5) is 13.2 Å². The third-order valence-electron chi connectivity index (χ3n) is 6.25. The predicted molar refractivity (Wildman–Crippen MR) is 119 cm³/mol. The summed E-state index contributed by atoms with van der Waals surface area (Å²) in [4.78, 5) is 4.05. The Hall–Kier alpha value is -2.70. The molecular weight excluding hydrogens is 413 g/mol. The van der Waals surface area contributed by atoms with Crippen molar-refractivity contribution < 1.29 is 17.9 Å². The van der Waals surface area contributed by atoms with Gasteiger partial charge >= 0.3 is 6.18 Å². The van der Waals surface area contributed by atoms with Gasteiger partial charge in [-0.15, -0.1) is 0 Å².